The van der Waals surface area contributed by atoms with Gasteiger partial charge in [0.15, 0.2) is 11.3 Å². The van der Waals surface area contributed by atoms with Crippen molar-refractivity contribution in [3.05, 3.63) is 30.0 Å². The third-order valence-electron chi connectivity index (χ3n) is 2.56. The number of furan rings is 1. The van der Waals surface area contributed by atoms with Crippen molar-refractivity contribution in [3.8, 4) is 5.75 Å². The summed E-state index contributed by atoms with van der Waals surface area (Å²) < 4.78 is 12.3. The fourth-order valence-electron chi connectivity index (χ4n) is 1.85. The predicted octanol–water partition coefficient (Wildman–Crippen LogP) is 3.35. The topological polar surface area (TPSA) is 59.7 Å². The highest BCUT2D eigenvalue weighted by Gasteiger charge is 2.24. The Morgan fingerprint density at radius 1 is 1.41 bits per heavy atom. The second kappa shape index (κ2) is 3.49. The number of carbonyl (C=O) groups is 1. The summed E-state index contributed by atoms with van der Waals surface area (Å²) in [7, 11) is 1.45. The summed E-state index contributed by atoms with van der Waals surface area (Å²) >= 11 is 1.47. The quantitative estimate of drug-likeness (QED) is 0.755. The third-order valence-corrected chi connectivity index (χ3v) is 3.72. The molecule has 0 saturated heterocycles. The van der Waals surface area contributed by atoms with Crippen LogP contribution >= 0.6 is 11.3 Å². The van der Waals surface area contributed by atoms with Crippen LogP contribution < -0.4 is 4.74 Å². The van der Waals surface area contributed by atoms with Gasteiger partial charge in [0.2, 0.25) is 0 Å². The number of thiophene rings is 1. The maximum atomic E-state index is 11.0. The number of hydrogen-bond acceptors (Lipinski definition) is 4. The van der Waals surface area contributed by atoms with E-state index >= 15 is 0 Å². The lowest BCUT2D eigenvalue weighted by molar-refractivity contribution is 0.0660. The van der Waals surface area contributed by atoms with Crippen LogP contribution in [-0.2, 0) is 0 Å². The molecule has 3 rings (SSSR count). The van der Waals surface area contributed by atoms with Crippen LogP contribution in [0, 0.1) is 0 Å². The van der Waals surface area contributed by atoms with Crippen LogP contribution in [0.2, 0.25) is 0 Å². The van der Waals surface area contributed by atoms with Crippen LogP contribution in [0.5, 0.6) is 5.75 Å². The van der Waals surface area contributed by atoms with E-state index in [0.717, 1.165) is 14.8 Å². The SMILES string of the molecule is COc1c(C(=O)O)oc2c1sc1ccccc12. The van der Waals surface area contributed by atoms with Gasteiger partial charge in [-0.1, -0.05) is 12.1 Å². The number of aromatic carboxylic acids is 1. The molecule has 0 fully saturated rings. The van der Waals surface area contributed by atoms with Gasteiger partial charge in [0.05, 0.1) is 7.11 Å². The lowest BCUT2D eigenvalue weighted by atomic mass is 10.2. The zero-order chi connectivity index (χ0) is 12.0. The molecule has 0 spiro atoms. The van der Waals surface area contributed by atoms with E-state index in [2.05, 4.69) is 0 Å². The molecule has 0 aliphatic rings. The van der Waals surface area contributed by atoms with Crippen LogP contribution in [0.15, 0.2) is 28.7 Å². The first-order valence-corrected chi connectivity index (χ1v) is 5.75. The van der Waals surface area contributed by atoms with Gasteiger partial charge < -0.3 is 14.3 Å². The Morgan fingerprint density at radius 2 is 2.18 bits per heavy atom. The molecular weight excluding hydrogens is 240 g/mol. The lowest BCUT2D eigenvalue weighted by Gasteiger charge is -1.95. The molecule has 5 heteroatoms. The van der Waals surface area contributed by atoms with Crippen molar-refractivity contribution in [3.63, 3.8) is 0 Å². The number of rotatable bonds is 2. The van der Waals surface area contributed by atoms with Gasteiger partial charge in [-0.3, -0.25) is 0 Å². The van der Waals surface area contributed by atoms with E-state index in [4.69, 9.17) is 14.3 Å². The molecule has 86 valence electrons. The summed E-state index contributed by atoms with van der Waals surface area (Å²) in [5.74, 6) is -0.956. The maximum Gasteiger partial charge on any atom is 0.375 e. The predicted molar refractivity (Wildman–Crippen MR) is 65.1 cm³/mol. The second-order valence-corrected chi connectivity index (χ2v) is 4.58. The molecule has 0 saturated carbocycles. The maximum absolute atomic E-state index is 11.0. The van der Waals surface area contributed by atoms with Gasteiger partial charge in [-0.05, 0) is 12.1 Å². The standard InChI is InChI=1S/C12H8O4S/c1-15-9-10(12(13)14)16-8-6-4-2-3-5-7(6)17-11(8)9/h2-5H,1H3,(H,13,14). The molecule has 2 aromatic heterocycles. The average Bonchev–Trinajstić information content (AvgIpc) is 2.83. The molecule has 1 aromatic carbocycles. The molecule has 0 aliphatic carbocycles. The van der Waals surface area contributed by atoms with Crippen LogP contribution in [0.1, 0.15) is 10.6 Å². The normalized spacial score (nSPS) is 11.1. The van der Waals surface area contributed by atoms with Crippen molar-refractivity contribution in [2.24, 2.45) is 0 Å². The Hall–Kier alpha value is -2.01. The number of carboxylic acid groups (broad SMARTS) is 1. The van der Waals surface area contributed by atoms with Crippen LogP contribution in [-0.4, -0.2) is 18.2 Å². The molecule has 0 radical (unpaired) electrons. The average molecular weight is 248 g/mol. The van der Waals surface area contributed by atoms with E-state index in [1.165, 1.54) is 18.4 Å². The molecule has 0 atom stereocenters. The minimum atomic E-state index is -1.12. The van der Waals surface area contributed by atoms with Crippen molar-refractivity contribution < 1.29 is 19.1 Å². The fraction of sp³-hybridized carbons (Fsp3) is 0.0833. The summed E-state index contributed by atoms with van der Waals surface area (Å²) in [6, 6.07) is 7.70. The highest BCUT2D eigenvalue weighted by atomic mass is 32.1. The van der Waals surface area contributed by atoms with E-state index < -0.39 is 5.97 Å². The van der Waals surface area contributed by atoms with E-state index in [1.807, 2.05) is 24.3 Å². The Morgan fingerprint density at radius 3 is 2.88 bits per heavy atom. The van der Waals surface area contributed by atoms with Crippen molar-refractivity contribution in [1.82, 2.24) is 0 Å². The van der Waals surface area contributed by atoms with Gasteiger partial charge in [-0.2, -0.15) is 0 Å². The van der Waals surface area contributed by atoms with Gasteiger partial charge in [-0.25, -0.2) is 4.79 Å². The number of benzene rings is 1. The summed E-state index contributed by atoms with van der Waals surface area (Å²) in [6.07, 6.45) is 0. The minimum absolute atomic E-state index is 0.139. The number of hydrogen-bond donors (Lipinski definition) is 1. The molecule has 0 bridgehead atoms. The van der Waals surface area contributed by atoms with Gasteiger partial charge in [0, 0.05) is 10.1 Å². The smallest absolute Gasteiger partial charge is 0.375 e. The van der Waals surface area contributed by atoms with E-state index in [9.17, 15) is 4.79 Å². The number of ether oxygens (including phenoxy) is 1. The molecule has 2 heterocycles. The third kappa shape index (κ3) is 1.32. The van der Waals surface area contributed by atoms with Gasteiger partial charge >= 0.3 is 5.97 Å². The molecule has 3 aromatic rings. The van der Waals surface area contributed by atoms with Crippen molar-refractivity contribution in [1.29, 1.82) is 0 Å². The van der Waals surface area contributed by atoms with Gasteiger partial charge in [0.1, 0.15) is 4.70 Å². The Kier molecular flexibility index (Phi) is 2.09. The first-order valence-electron chi connectivity index (χ1n) is 4.93. The Balaban J connectivity index is 2.46. The fourth-order valence-corrected chi connectivity index (χ4v) is 3.00. The molecule has 17 heavy (non-hydrogen) atoms. The van der Waals surface area contributed by atoms with Crippen LogP contribution in [0.4, 0.5) is 0 Å². The highest BCUT2D eigenvalue weighted by molar-refractivity contribution is 7.26. The summed E-state index contributed by atoms with van der Waals surface area (Å²) in [4.78, 5) is 11.0. The van der Waals surface area contributed by atoms with Gasteiger partial charge in [-0.15, -0.1) is 11.3 Å². The van der Waals surface area contributed by atoms with Gasteiger partial charge in [0.25, 0.3) is 5.76 Å². The largest absolute Gasteiger partial charge is 0.491 e. The zero-order valence-corrected chi connectivity index (χ0v) is 9.71. The van der Waals surface area contributed by atoms with Crippen molar-refractivity contribution >= 4 is 37.7 Å². The molecule has 0 unspecified atom stereocenters. The molecule has 0 aliphatic heterocycles. The number of methoxy groups -OCH3 is 1. The lowest BCUT2D eigenvalue weighted by Crippen LogP contribution is -1.96. The van der Waals surface area contributed by atoms with Crippen LogP contribution in [0.3, 0.4) is 0 Å². The van der Waals surface area contributed by atoms with Crippen molar-refractivity contribution in [2.75, 3.05) is 7.11 Å². The summed E-state index contributed by atoms with van der Waals surface area (Å²) in [5.41, 5.74) is 0.583. The number of fused-ring (bicyclic) bond motifs is 3. The first kappa shape index (κ1) is 10.2. The van der Waals surface area contributed by atoms with E-state index in [-0.39, 0.29) is 5.76 Å². The van der Waals surface area contributed by atoms with E-state index in [1.54, 1.807) is 0 Å². The first-order chi connectivity index (χ1) is 8.22. The molecular formula is C12H8O4S. The summed E-state index contributed by atoms with van der Waals surface area (Å²) in [6.45, 7) is 0. The zero-order valence-electron chi connectivity index (χ0n) is 8.89. The minimum Gasteiger partial charge on any atom is -0.491 e. The van der Waals surface area contributed by atoms with E-state index in [0.29, 0.717) is 11.3 Å². The molecule has 4 nitrogen and oxygen atoms in total. The van der Waals surface area contributed by atoms with Crippen molar-refractivity contribution in [2.45, 2.75) is 0 Å². The highest BCUT2D eigenvalue weighted by Crippen LogP contribution is 2.43. The number of carboxylic acids is 1. The van der Waals surface area contributed by atoms with Crippen LogP contribution in [0.25, 0.3) is 20.4 Å². The Labute approximate surface area is 100 Å². The molecule has 0 amide bonds. The monoisotopic (exact) mass is 248 g/mol. The Bertz CT molecular complexity index is 723. The second-order valence-electron chi connectivity index (χ2n) is 3.53. The summed E-state index contributed by atoms with van der Waals surface area (Å²) in [5, 5.41) is 9.93. The molecule has 1 N–H and O–H groups in total.